The zero-order chi connectivity index (χ0) is 22.1. The first-order valence-electron chi connectivity index (χ1n) is 9.19. The van der Waals surface area contributed by atoms with Gasteiger partial charge in [-0.3, -0.25) is 0 Å². The molecule has 8 heteroatoms. The highest BCUT2D eigenvalue weighted by molar-refractivity contribution is 6.41. The van der Waals surface area contributed by atoms with Crippen LogP contribution in [0.1, 0.15) is 34.1 Å². The summed E-state index contributed by atoms with van der Waals surface area (Å²) in [4.78, 5) is 7.91. The third kappa shape index (κ3) is 5.61. The summed E-state index contributed by atoms with van der Waals surface area (Å²) in [5.74, 6) is 0.149. The summed E-state index contributed by atoms with van der Waals surface area (Å²) in [5, 5.41) is 0.949. The average molecular weight is 442 g/mol. The molecule has 0 spiro atoms. The van der Waals surface area contributed by atoms with E-state index in [-0.39, 0.29) is 27.1 Å². The molecule has 158 valence electrons. The van der Waals surface area contributed by atoms with E-state index in [9.17, 15) is 4.39 Å². The summed E-state index contributed by atoms with van der Waals surface area (Å²) in [6.07, 6.45) is 2.75. The molecule has 0 saturated heterocycles. The van der Waals surface area contributed by atoms with Crippen LogP contribution in [-0.2, 0) is 0 Å². The molecule has 3 aromatic rings. The topological polar surface area (TPSA) is 70.3 Å². The Labute approximate surface area is 181 Å². The second kappa shape index (κ2) is 11.6. The van der Waals surface area contributed by atoms with Gasteiger partial charge in [0.05, 0.1) is 29.8 Å². The Morgan fingerprint density at radius 1 is 1.00 bits per heavy atom. The molecule has 0 aliphatic carbocycles. The minimum absolute atomic E-state index is 0.0637. The fourth-order valence-electron chi connectivity index (χ4n) is 2.38. The number of nitrogens with zero attached hydrogens (tertiary/aromatic N) is 2. The molecule has 0 aliphatic rings. The van der Waals surface area contributed by atoms with Crippen molar-refractivity contribution < 1.29 is 13.9 Å². The van der Waals surface area contributed by atoms with Crippen LogP contribution in [0.25, 0.3) is 22.0 Å². The molecular formula is C21H26Cl2FN3O2. The number of anilines is 1. The van der Waals surface area contributed by atoms with E-state index < -0.39 is 5.82 Å². The summed E-state index contributed by atoms with van der Waals surface area (Å²) in [6.45, 7) is 8.25. The van der Waals surface area contributed by atoms with Gasteiger partial charge in [0.2, 0.25) is 5.95 Å². The zero-order valence-electron chi connectivity index (χ0n) is 17.4. The molecule has 5 nitrogen and oxygen atoms in total. The Kier molecular flexibility index (Phi) is 9.92. The molecule has 2 N–H and O–H groups in total. The first-order chi connectivity index (χ1) is 13.9. The van der Waals surface area contributed by atoms with Gasteiger partial charge < -0.3 is 15.2 Å². The second-order valence-electron chi connectivity index (χ2n) is 5.61. The molecule has 0 unspecified atom stereocenters. The van der Waals surface area contributed by atoms with Crippen LogP contribution in [0.3, 0.4) is 0 Å². The van der Waals surface area contributed by atoms with Crippen LogP contribution in [0.4, 0.5) is 10.3 Å². The Morgan fingerprint density at radius 3 is 2.00 bits per heavy atom. The second-order valence-corrected chi connectivity index (χ2v) is 6.37. The Bertz CT molecular complexity index is 940. The molecule has 2 aromatic carbocycles. The molecule has 29 heavy (non-hydrogen) atoms. The fourth-order valence-corrected chi connectivity index (χ4v) is 3.09. The lowest BCUT2D eigenvalue weighted by atomic mass is 10.0. The van der Waals surface area contributed by atoms with Gasteiger partial charge in [-0.15, -0.1) is 0 Å². The molecule has 0 bridgehead atoms. The minimum Gasteiger partial charge on any atom is -0.495 e. The van der Waals surface area contributed by atoms with Crippen LogP contribution >= 0.6 is 23.2 Å². The van der Waals surface area contributed by atoms with E-state index in [1.54, 1.807) is 6.07 Å². The first-order valence-corrected chi connectivity index (χ1v) is 9.95. The van der Waals surface area contributed by atoms with Gasteiger partial charge in [0.1, 0.15) is 17.3 Å². The predicted molar refractivity (Wildman–Crippen MR) is 120 cm³/mol. The molecule has 0 saturated carbocycles. The van der Waals surface area contributed by atoms with Crippen molar-refractivity contribution in [1.82, 2.24) is 9.97 Å². The molecule has 0 amide bonds. The van der Waals surface area contributed by atoms with E-state index in [1.165, 1.54) is 39.0 Å². The van der Waals surface area contributed by atoms with Gasteiger partial charge in [0.25, 0.3) is 0 Å². The maximum Gasteiger partial charge on any atom is 0.220 e. The number of ether oxygens (including phenoxy) is 2. The van der Waals surface area contributed by atoms with E-state index in [0.717, 1.165) is 0 Å². The summed E-state index contributed by atoms with van der Waals surface area (Å²) >= 11 is 12.7. The number of methoxy groups -OCH3 is 2. The van der Waals surface area contributed by atoms with Crippen LogP contribution in [0.2, 0.25) is 10.0 Å². The number of nitrogens with two attached hydrogens (primary N) is 1. The van der Waals surface area contributed by atoms with Crippen LogP contribution in [0.15, 0.2) is 24.4 Å². The number of hydrogen-bond acceptors (Lipinski definition) is 5. The minimum atomic E-state index is -0.556. The van der Waals surface area contributed by atoms with Gasteiger partial charge in [0.15, 0.2) is 0 Å². The van der Waals surface area contributed by atoms with Crippen molar-refractivity contribution in [2.24, 2.45) is 0 Å². The maximum absolute atomic E-state index is 14.7. The van der Waals surface area contributed by atoms with Gasteiger partial charge >= 0.3 is 0 Å². The first kappa shape index (κ1) is 24.7. The summed E-state index contributed by atoms with van der Waals surface area (Å²) in [7, 11) is 2.90. The van der Waals surface area contributed by atoms with Crippen LogP contribution in [-0.4, -0.2) is 24.2 Å². The lowest BCUT2D eigenvalue weighted by Crippen LogP contribution is -1.97. The standard InChI is InChI=1S/C16H12Cl2FN3O2.C3H8.C2H6/c1-23-11-5-12(24-2)15(18)13(14(11)17)8-3-7-6-21-16(20)22-10(7)4-9(8)19;1-3-2;1-2/h3-6H,1-2H3,(H2,20,21,22);3H2,1-2H3;1-2H3. The van der Waals surface area contributed by atoms with Gasteiger partial charge in [-0.25, -0.2) is 14.4 Å². The largest absolute Gasteiger partial charge is 0.495 e. The Balaban J connectivity index is 0.000000771. The fraction of sp³-hybridized carbons (Fsp3) is 0.333. The van der Waals surface area contributed by atoms with Crippen molar-refractivity contribution in [3.8, 4) is 22.6 Å². The number of halogens is 3. The molecule has 0 fully saturated rings. The monoisotopic (exact) mass is 441 g/mol. The highest BCUT2D eigenvalue weighted by Crippen LogP contribution is 2.47. The smallest absolute Gasteiger partial charge is 0.220 e. The molecule has 0 aliphatic heterocycles. The number of nitrogen functional groups attached to an aromatic ring is 1. The Morgan fingerprint density at radius 2 is 1.52 bits per heavy atom. The molecule has 0 radical (unpaired) electrons. The molecule has 1 aromatic heterocycles. The Hall–Kier alpha value is -2.31. The summed E-state index contributed by atoms with van der Waals surface area (Å²) in [5.41, 5.74) is 6.36. The number of aromatic nitrogens is 2. The third-order valence-electron chi connectivity index (χ3n) is 3.53. The van der Waals surface area contributed by atoms with Crippen LogP contribution in [0.5, 0.6) is 11.5 Å². The lowest BCUT2D eigenvalue weighted by Gasteiger charge is -2.15. The van der Waals surface area contributed by atoms with E-state index in [4.69, 9.17) is 38.4 Å². The molecular weight excluding hydrogens is 416 g/mol. The van der Waals surface area contributed by atoms with Crippen molar-refractivity contribution in [3.63, 3.8) is 0 Å². The number of benzene rings is 2. The number of hydrogen-bond donors (Lipinski definition) is 1. The van der Waals surface area contributed by atoms with Crippen LogP contribution < -0.4 is 15.2 Å². The van der Waals surface area contributed by atoms with Crippen molar-refractivity contribution >= 4 is 40.1 Å². The molecule has 0 atom stereocenters. The van der Waals surface area contributed by atoms with Gasteiger partial charge in [-0.2, -0.15) is 0 Å². The van der Waals surface area contributed by atoms with Crippen molar-refractivity contribution in [2.45, 2.75) is 34.1 Å². The van der Waals surface area contributed by atoms with E-state index in [1.807, 2.05) is 13.8 Å². The van der Waals surface area contributed by atoms with Crippen molar-refractivity contribution in [3.05, 3.63) is 40.3 Å². The molecule has 3 rings (SSSR count). The SMILES string of the molecule is CC.CCC.COc1cc(OC)c(Cl)c(-c2cc3cnc(N)nc3cc2F)c1Cl. The number of fused-ring (bicyclic) bond motifs is 1. The van der Waals surface area contributed by atoms with Crippen LogP contribution in [0, 0.1) is 5.82 Å². The highest BCUT2D eigenvalue weighted by atomic mass is 35.5. The summed E-state index contributed by atoms with van der Waals surface area (Å²) in [6, 6.07) is 4.34. The van der Waals surface area contributed by atoms with E-state index in [2.05, 4.69) is 23.8 Å². The predicted octanol–water partition coefficient (Wildman–Crippen LogP) is 6.78. The maximum atomic E-state index is 14.7. The van der Waals surface area contributed by atoms with Gasteiger partial charge in [-0.05, 0) is 6.07 Å². The average Bonchev–Trinajstić information content (AvgIpc) is 2.71. The lowest BCUT2D eigenvalue weighted by molar-refractivity contribution is 0.395. The normalized spacial score (nSPS) is 9.83. The quantitative estimate of drug-likeness (QED) is 0.484. The number of rotatable bonds is 3. The molecule has 1 heterocycles. The van der Waals surface area contributed by atoms with E-state index in [0.29, 0.717) is 22.4 Å². The van der Waals surface area contributed by atoms with Gasteiger partial charge in [0, 0.05) is 34.8 Å². The third-order valence-corrected chi connectivity index (χ3v) is 4.28. The highest BCUT2D eigenvalue weighted by Gasteiger charge is 2.21. The summed E-state index contributed by atoms with van der Waals surface area (Å²) < 4.78 is 25.1. The van der Waals surface area contributed by atoms with Gasteiger partial charge in [-0.1, -0.05) is 57.3 Å². The zero-order valence-corrected chi connectivity index (χ0v) is 19.0. The van der Waals surface area contributed by atoms with Crippen molar-refractivity contribution in [1.29, 1.82) is 0 Å². The van der Waals surface area contributed by atoms with Crippen molar-refractivity contribution in [2.75, 3.05) is 20.0 Å². The van der Waals surface area contributed by atoms with E-state index >= 15 is 0 Å².